The first-order valence-electron chi connectivity index (χ1n) is 8.71. The van der Waals surface area contributed by atoms with Gasteiger partial charge in [0.25, 0.3) is 0 Å². The first-order chi connectivity index (χ1) is 11.4. The van der Waals surface area contributed by atoms with Gasteiger partial charge in [0.05, 0.1) is 26.4 Å². The lowest BCUT2D eigenvalue weighted by Crippen LogP contribution is -2.35. The van der Waals surface area contributed by atoms with Crippen LogP contribution in [0.25, 0.3) is 0 Å². The maximum Gasteiger partial charge on any atom is 0.407 e. The monoisotopic (exact) mass is 340 g/mol. The Morgan fingerprint density at radius 2 is 1.79 bits per heavy atom. The Balaban J connectivity index is 1.86. The maximum absolute atomic E-state index is 11.4. The Labute approximate surface area is 146 Å². The summed E-state index contributed by atoms with van der Waals surface area (Å²) >= 11 is 0. The van der Waals surface area contributed by atoms with Gasteiger partial charge >= 0.3 is 6.09 Å². The number of rotatable bonds is 9. The van der Waals surface area contributed by atoms with Gasteiger partial charge in [-0.05, 0) is 46.7 Å². The first-order valence-corrected chi connectivity index (χ1v) is 8.71. The lowest BCUT2D eigenvalue weighted by Gasteiger charge is -2.29. The van der Waals surface area contributed by atoms with Gasteiger partial charge in [-0.2, -0.15) is 0 Å². The van der Waals surface area contributed by atoms with E-state index in [1.807, 2.05) is 20.8 Å². The summed E-state index contributed by atoms with van der Waals surface area (Å²) in [4.78, 5) is 13.8. The number of nitrogens with one attached hydrogen (secondary N) is 1. The highest BCUT2D eigenvalue weighted by atomic mass is 16.6. The van der Waals surface area contributed by atoms with Crippen LogP contribution in [-0.2, 0) is 14.2 Å². The van der Waals surface area contributed by atoms with E-state index in [0.29, 0.717) is 38.9 Å². The van der Waals surface area contributed by atoms with Gasteiger partial charge in [-0.1, -0.05) is 0 Å². The lowest BCUT2D eigenvalue weighted by molar-refractivity contribution is 0.0324. The van der Waals surface area contributed by atoms with Gasteiger partial charge in [0.15, 0.2) is 0 Å². The Kier molecular flexibility index (Phi) is 9.77. The van der Waals surface area contributed by atoms with E-state index in [9.17, 15) is 4.79 Å². The molecule has 1 saturated heterocycles. The quantitative estimate of drug-likeness (QED) is 0.513. The highest BCUT2D eigenvalue weighted by Crippen LogP contribution is 2.15. The van der Waals surface area contributed by atoms with E-state index in [4.69, 9.17) is 20.6 Å². The highest BCUT2D eigenvalue weighted by Gasteiger charge is 2.17. The van der Waals surface area contributed by atoms with E-state index < -0.39 is 11.7 Å². The van der Waals surface area contributed by atoms with Crippen molar-refractivity contribution in [3.05, 3.63) is 0 Å². The van der Waals surface area contributed by atoms with E-state index >= 15 is 0 Å². The number of hydrogen-bond donors (Lipinski definition) is 1. The molecule has 0 aromatic rings. The summed E-state index contributed by atoms with van der Waals surface area (Å²) in [6.45, 7) is 11.2. The second kappa shape index (κ2) is 11.3. The van der Waals surface area contributed by atoms with Crippen LogP contribution in [0.2, 0.25) is 0 Å². The van der Waals surface area contributed by atoms with Crippen LogP contribution >= 0.6 is 0 Å². The molecule has 0 spiro atoms. The normalized spacial score (nSPS) is 16.6. The molecule has 1 heterocycles. The number of piperidine rings is 1. The van der Waals surface area contributed by atoms with Crippen molar-refractivity contribution in [3.63, 3.8) is 0 Å². The Morgan fingerprint density at radius 1 is 1.17 bits per heavy atom. The van der Waals surface area contributed by atoms with Crippen molar-refractivity contribution >= 4 is 6.09 Å². The topological polar surface area (TPSA) is 60.0 Å². The van der Waals surface area contributed by atoms with Gasteiger partial charge in [0.2, 0.25) is 0 Å². The number of hydrogen-bond acceptors (Lipinski definition) is 5. The number of terminal acetylenes is 1. The van der Waals surface area contributed by atoms with E-state index in [0.717, 1.165) is 32.5 Å². The predicted octanol–water partition coefficient (Wildman–Crippen LogP) is 1.89. The maximum atomic E-state index is 11.4. The third-order valence-corrected chi connectivity index (χ3v) is 3.66. The van der Waals surface area contributed by atoms with Crippen LogP contribution in [0.5, 0.6) is 0 Å². The summed E-state index contributed by atoms with van der Waals surface area (Å²) in [6, 6.07) is 0. The van der Waals surface area contributed by atoms with Gasteiger partial charge in [-0.15, -0.1) is 12.3 Å². The molecular formula is C18H32N2O4. The second-order valence-corrected chi connectivity index (χ2v) is 6.94. The number of alkyl carbamates (subject to hydrolysis) is 1. The molecule has 1 fully saturated rings. The van der Waals surface area contributed by atoms with Crippen molar-refractivity contribution in [2.75, 3.05) is 52.6 Å². The minimum atomic E-state index is -0.477. The highest BCUT2D eigenvalue weighted by molar-refractivity contribution is 5.67. The number of ether oxygens (including phenoxy) is 3. The van der Waals surface area contributed by atoms with Gasteiger partial charge < -0.3 is 24.4 Å². The molecule has 6 heteroatoms. The number of amides is 1. The molecule has 0 aromatic heterocycles. The molecule has 0 saturated carbocycles. The van der Waals surface area contributed by atoms with Gasteiger partial charge in [0, 0.05) is 19.0 Å². The number of carbonyl (C=O) groups excluding carboxylic acids is 1. The molecule has 138 valence electrons. The number of likely N-dealkylation sites (tertiary alicyclic amines) is 1. The van der Waals surface area contributed by atoms with E-state index in [2.05, 4.69) is 16.1 Å². The van der Waals surface area contributed by atoms with Crippen LogP contribution in [0, 0.1) is 18.3 Å². The molecule has 0 bridgehead atoms. The fourth-order valence-electron chi connectivity index (χ4n) is 2.38. The second-order valence-electron chi connectivity index (χ2n) is 6.94. The Hall–Kier alpha value is -1.29. The summed E-state index contributed by atoms with van der Waals surface area (Å²) in [5, 5.41) is 2.64. The molecule has 1 aliphatic heterocycles. The molecule has 1 N–H and O–H groups in total. The minimum absolute atomic E-state index is 0.420. The number of carbonyl (C=O) groups is 1. The van der Waals surface area contributed by atoms with Gasteiger partial charge in [-0.25, -0.2) is 4.79 Å². The number of nitrogens with zero attached hydrogens (tertiary/aromatic N) is 1. The third-order valence-electron chi connectivity index (χ3n) is 3.66. The fourth-order valence-corrected chi connectivity index (χ4v) is 2.38. The molecule has 6 nitrogen and oxygen atoms in total. The zero-order valence-corrected chi connectivity index (χ0v) is 15.3. The predicted molar refractivity (Wildman–Crippen MR) is 93.9 cm³/mol. The molecule has 0 aliphatic carbocycles. The van der Waals surface area contributed by atoms with Crippen molar-refractivity contribution in [2.45, 2.75) is 39.2 Å². The van der Waals surface area contributed by atoms with Gasteiger partial charge in [0.1, 0.15) is 5.60 Å². The molecule has 24 heavy (non-hydrogen) atoms. The molecular weight excluding hydrogens is 308 g/mol. The molecule has 1 amide bonds. The van der Waals surface area contributed by atoms with Crippen LogP contribution in [0.3, 0.4) is 0 Å². The summed E-state index contributed by atoms with van der Waals surface area (Å²) in [7, 11) is 0. The van der Waals surface area contributed by atoms with E-state index in [-0.39, 0.29) is 0 Å². The standard InChI is InChI=1S/C18H32N2O4/c1-5-16-6-9-20(10-7-16)11-13-23-15-14-22-12-8-19-17(21)24-18(2,3)4/h1,16H,6-15H2,2-4H3,(H,19,21). The minimum Gasteiger partial charge on any atom is -0.444 e. The van der Waals surface area contributed by atoms with Gasteiger partial charge in [-0.3, -0.25) is 0 Å². The smallest absolute Gasteiger partial charge is 0.407 e. The SMILES string of the molecule is C#CC1CCN(CCOCCOCCNC(=O)OC(C)(C)C)CC1. The van der Waals surface area contributed by atoms with Crippen LogP contribution in [0.15, 0.2) is 0 Å². The third kappa shape index (κ3) is 10.5. The van der Waals surface area contributed by atoms with Crippen molar-refractivity contribution in [1.82, 2.24) is 10.2 Å². The van der Waals surface area contributed by atoms with E-state index in [1.165, 1.54) is 0 Å². The van der Waals surface area contributed by atoms with Crippen LogP contribution < -0.4 is 5.32 Å². The molecule has 0 atom stereocenters. The first kappa shape index (κ1) is 20.8. The van der Waals surface area contributed by atoms with Crippen LogP contribution in [0.4, 0.5) is 4.79 Å². The molecule has 0 unspecified atom stereocenters. The Morgan fingerprint density at radius 3 is 2.38 bits per heavy atom. The van der Waals surface area contributed by atoms with Crippen LogP contribution in [0.1, 0.15) is 33.6 Å². The molecule has 1 rings (SSSR count). The average molecular weight is 340 g/mol. The van der Waals surface area contributed by atoms with Crippen LogP contribution in [-0.4, -0.2) is 69.2 Å². The molecule has 1 aliphatic rings. The summed E-state index contributed by atoms with van der Waals surface area (Å²) in [6.07, 6.45) is 7.20. The van der Waals surface area contributed by atoms with Crippen molar-refractivity contribution in [1.29, 1.82) is 0 Å². The average Bonchev–Trinajstić information content (AvgIpc) is 2.52. The van der Waals surface area contributed by atoms with Crippen molar-refractivity contribution in [3.8, 4) is 12.3 Å². The summed E-state index contributed by atoms with van der Waals surface area (Å²) < 4.78 is 16.1. The van der Waals surface area contributed by atoms with E-state index in [1.54, 1.807) is 0 Å². The largest absolute Gasteiger partial charge is 0.444 e. The van der Waals surface area contributed by atoms with Crippen molar-refractivity contribution in [2.24, 2.45) is 5.92 Å². The molecule has 0 radical (unpaired) electrons. The summed E-state index contributed by atoms with van der Waals surface area (Å²) in [5.74, 6) is 3.28. The Bertz CT molecular complexity index is 393. The van der Waals surface area contributed by atoms with Crippen molar-refractivity contribution < 1.29 is 19.0 Å². The summed E-state index contributed by atoms with van der Waals surface area (Å²) in [5.41, 5.74) is -0.477. The lowest BCUT2D eigenvalue weighted by atomic mass is 9.98. The zero-order valence-electron chi connectivity index (χ0n) is 15.3. The zero-order chi connectivity index (χ0) is 17.8. The molecule has 0 aromatic carbocycles. The fraction of sp³-hybridized carbons (Fsp3) is 0.833.